The zero-order valence-corrected chi connectivity index (χ0v) is 13.8. The number of carbonyl (C=O) groups is 1. The Labute approximate surface area is 132 Å². The van der Waals surface area contributed by atoms with E-state index in [1.165, 1.54) is 12.8 Å². The molecular weight excluding hydrogens is 278 g/mol. The van der Waals surface area contributed by atoms with Crippen molar-refractivity contribution in [3.8, 4) is 0 Å². The van der Waals surface area contributed by atoms with Crippen LogP contribution in [0.2, 0.25) is 0 Å². The van der Waals surface area contributed by atoms with E-state index in [0.29, 0.717) is 11.8 Å². The van der Waals surface area contributed by atoms with Crippen molar-refractivity contribution in [3.63, 3.8) is 0 Å². The molecule has 0 bridgehead atoms. The van der Waals surface area contributed by atoms with Gasteiger partial charge in [-0.1, -0.05) is 0 Å². The lowest BCUT2D eigenvalue weighted by molar-refractivity contribution is -0.126. The van der Waals surface area contributed by atoms with Gasteiger partial charge in [0.15, 0.2) is 5.82 Å². The third-order valence-corrected chi connectivity index (χ3v) is 4.74. The average Bonchev–Trinajstić information content (AvgIpc) is 3.23. The Kier molecular flexibility index (Phi) is 4.47. The van der Waals surface area contributed by atoms with Crippen LogP contribution in [0.25, 0.3) is 0 Å². The molecule has 2 aliphatic rings. The number of aromatic nitrogens is 3. The Morgan fingerprint density at radius 1 is 1.18 bits per heavy atom. The minimum atomic E-state index is -0.0555. The fourth-order valence-corrected chi connectivity index (χ4v) is 3.13. The summed E-state index contributed by atoms with van der Waals surface area (Å²) in [6.45, 7) is 7.88. The number of carbonyl (C=O) groups excluding carboxylic acids is 1. The second kappa shape index (κ2) is 6.36. The van der Waals surface area contributed by atoms with Crippen LogP contribution in [0.5, 0.6) is 0 Å². The fourth-order valence-electron chi connectivity index (χ4n) is 3.13. The molecule has 122 valence electrons. The Morgan fingerprint density at radius 2 is 1.86 bits per heavy atom. The van der Waals surface area contributed by atoms with E-state index in [4.69, 9.17) is 0 Å². The lowest BCUT2D eigenvalue weighted by Crippen LogP contribution is -2.49. The Morgan fingerprint density at radius 3 is 2.45 bits per heavy atom. The van der Waals surface area contributed by atoms with E-state index >= 15 is 0 Å². The van der Waals surface area contributed by atoms with Crippen LogP contribution in [-0.2, 0) is 4.79 Å². The first-order valence-electron chi connectivity index (χ1n) is 8.51. The summed E-state index contributed by atoms with van der Waals surface area (Å²) in [7, 11) is 0. The van der Waals surface area contributed by atoms with Crippen molar-refractivity contribution in [2.45, 2.75) is 70.4 Å². The molecule has 6 nitrogen and oxygen atoms in total. The zero-order valence-electron chi connectivity index (χ0n) is 13.8. The third-order valence-electron chi connectivity index (χ3n) is 4.74. The fraction of sp³-hybridized carbons (Fsp3) is 0.812. The lowest BCUT2D eigenvalue weighted by Gasteiger charge is -2.34. The van der Waals surface area contributed by atoms with Crippen molar-refractivity contribution in [1.29, 1.82) is 0 Å². The van der Waals surface area contributed by atoms with E-state index in [0.717, 1.165) is 37.6 Å². The van der Waals surface area contributed by atoms with Gasteiger partial charge in [-0.3, -0.25) is 14.8 Å². The van der Waals surface area contributed by atoms with Gasteiger partial charge in [-0.15, -0.1) is 0 Å². The van der Waals surface area contributed by atoms with Crippen molar-refractivity contribution in [2.75, 3.05) is 13.1 Å². The van der Waals surface area contributed by atoms with Gasteiger partial charge in [-0.2, -0.15) is 5.10 Å². The van der Waals surface area contributed by atoms with Crippen LogP contribution in [0.4, 0.5) is 0 Å². The molecule has 6 heteroatoms. The summed E-state index contributed by atoms with van der Waals surface area (Å²) >= 11 is 0. The second-order valence-corrected chi connectivity index (χ2v) is 7.00. The van der Waals surface area contributed by atoms with Gasteiger partial charge < -0.3 is 5.32 Å². The van der Waals surface area contributed by atoms with E-state index in [2.05, 4.69) is 25.4 Å². The molecule has 0 radical (unpaired) electrons. The molecule has 1 aliphatic heterocycles. The van der Waals surface area contributed by atoms with Crippen molar-refractivity contribution in [1.82, 2.24) is 25.4 Å². The summed E-state index contributed by atoms with van der Waals surface area (Å²) in [5.74, 6) is 3.23. The molecule has 2 heterocycles. The monoisotopic (exact) mass is 305 g/mol. The SMILES string of the molecule is CC(C)NC(=O)C(C)N1CCC(c2nc(C3CC3)n[nH]2)CC1. The van der Waals surface area contributed by atoms with Crippen molar-refractivity contribution >= 4 is 5.91 Å². The van der Waals surface area contributed by atoms with Crippen LogP contribution in [0.3, 0.4) is 0 Å². The van der Waals surface area contributed by atoms with E-state index in [9.17, 15) is 4.79 Å². The van der Waals surface area contributed by atoms with E-state index in [-0.39, 0.29) is 18.0 Å². The molecule has 1 aliphatic carbocycles. The first-order chi connectivity index (χ1) is 10.5. The number of likely N-dealkylation sites (tertiary alicyclic amines) is 1. The topological polar surface area (TPSA) is 73.9 Å². The molecule has 1 saturated carbocycles. The van der Waals surface area contributed by atoms with Gasteiger partial charge in [0.05, 0.1) is 6.04 Å². The third kappa shape index (κ3) is 3.48. The summed E-state index contributed by atoms with van der Waals surface area (Å²) in [5.41, 5.74) is 0. The Hall–Kier alpha value is -1.43. The largest absolute Gasteiger partial charge is 0.353 e. The molecule has 2 N–H and O–H groups in total. The minimum Gasteiger partial charge on any atom is -0.353 e. The van der Waals surface area contributed by atoms with E-state index in [1.54, 1.807) is 0 Å². The quantitative estimate of drug-likeness (QED) is 0.869. The van der Waals surface area contributed by atoms with Gasteiger partial charge in [-0.05, 0) is 59.5 Å². The standard InChI is InChI=1S/C16H27N5O/c1-10(2)17-16(22)11(3)21-8-6-13(7-9-21)15-18-14(19-20-15)12-4-5-12/h10-13H,4-9H2,1-3H3,(H,17,22)(H,18,19,20). The Balaban J connectivity index is 1.51. The molecule has 2 fully saturated rings. The summed E-state index contributed by atoms with van der Waals surface area (Å²) < 4.78 is 0. The van der Waals surface area contributed by atoms with Crippen molar-refractivity contribution < 1.29 is 4.79 Å². The number of nitrogens with zero attached hydrogens (tertiary/aromatic N) is 3. The number of hydrogen-bond acceptors (Lipinski definition) is 4. The Bertz CT molecular complexity index is 514. The van der Waals surface area contributed by atoms with Crippen LogP contribution in [0.1, 0.15) is 69.9 Å². The molecule has 1 unspecified atom stereocenters. The molecular formula is C16H27N5O. The van der Waals surface area contributed by atoms with Gasteiger partial charge in [0, 0.05) is 17.9 Å². The molecule has 22 heavy (non-hydrogen) atoms. The molecule has 0 spiro atoms. The molecule has 0 aromatic carbocycles. The van der Waals surface area contributed by atoms with Crippen LogP contribution in [-0.4, -0.2) is 51.2 Å². The zero-order chi connectivity index (χ0) is 15.7. The van der Waals surface area contributed by atoms with Gasteiger partial charge in [0.1, 0.15) is 5.82 Å². The number of aromatic amines is 1. The minimum absolute atomic E-state index is 0.0555. The van der Waals surface area contributed by atoms with E-state index in [1.807, 2.05) is 20.8 Å². The molecule has 1 saturated heterocycles. The highest BCUT2D eigenvalue weighted by molar-refractivity contribution is 5.81. The predicted octanol–water partition coefficient (Wildman–Crippen LogP) is 1.77. The average molecular weight is 305 g/mol. The maximum atomic E-state index is 12.1. The van der Waals surface area contributed by atoms with Crippen LogP contribution >= 0.6 is 0 Å². The van der Waals surface area contributed by atoms with Crippen LogP contribution in [0.15, 0.2) is 0 Å². The summed E-state index contributed by atoms with van der Waals surface area (Å²) in [6.07, 6.45) is 4.55. The smallest absolute Gasteiger partial charge is 0.237 e. The van der Waals surface area contributed by atoms with Crippen LogP contribution in [0, 0.1) is 0 Å². The van der Waals surface area contributed by atoms with E-state index < -0.39 is 0 Å². The molecule has 3 rings (SSSR count). The number of rotatable bonds is 5. The molecule has 1 aromatic heterocycles. The maximum absolute atomic E-state index is 12.1. The van der Waals surface area contributed by atoms with Crippen molar-refractivity contribution in [3.05, 3.63) is 11.6 Å². The summed E-state index contributed by atoms with van der Waals surface area (Å²) in [4.78, 5) is 19.1. The van der Waals surface area contributed by atoms with Crippen LogP contribution < -0.4 is 5.32 Å². The first-order valence-corrected chi connectivity index (χ1v) is 8.51. The van der Waals surface area contributed by atoms with Gasteiger partial charge >= 0.3 is 0 Å². The second-order valence-electron chi connectivity index (χ2n) is 7.00. The highest BCUT2D eigenvalue weighted by atomic mass is 16.2. The number of hydrogen-bond donors (Lipinski definition) is 2. The van der Waals surface area contributed by atoms with Gasteiger partial charge in [0.2, 0.25) is 5.91 Å². The number of nitrogens with one attached hydrogen (secondary N) is 2. The van der Waals surface area contributed by atoms with Crippen molar-refractivity contribution in [2.24, 2.45) is 0 Å². The summed E-state index contributed by atoms with van der Waals surface area (Å²) in [6, 6.07) is 0.141. The molecule has 1 amide bonds. The highest BCUT2D eigenvalue weighted by Crippen LogP contribution is 2.38. The van der Waals surface area contributed by atoms with Gasteiger partial charge in [0.25, 0.3) is 0 Å². The normalized spacial score (nSPS) is 22.0. The lowest BCUT2D eigenvalue weighted by atomic mass is 9.95. The molecule has 1 aromatic rings. The maximum Gasteiger partial charge on any atom is 0.237 e. The number of H-pyrrole nitrogens is 1. The summed E-state index contributed by atoms with van der Waals surface area (Å²) in [5, 5.41) is 10.5. The highest BCUT2D eigenvalue weighted by Gasteiger charge is 2.31. The number of amides is 1. The first kappa shape index (κ1) is 15.5. The predicted molar refractivity (Wildman–Crippen MR) is 84.6 cm³/mol. The molecule has 1 atom stereocenters. The van der Waals surface area contributed by atoms with Gasteiger partial charge in [-0.25, -0.2) is 4.98 Å². The number of piperidine rings is 1.